The van der Waals surface area contributed by atoms with E-state index in [2.05, 4.69) is 0 Å². The number of aldehydes is 1. The molecule has 0 aliphatic heterocycles. The van der Waals surface area contributed by atoms with Crippen LogP contribution in [-0.4, -0.2) is 23.8 Å². The van der Waals surface area contributed by atoms with Gasteiger partial charge in [-0.05, 0) is 6.92 Å². The lowest BCUT2D eigenvalue weighted by atomic mass is 10.0. The van der Waals surface area contributed by atoms with Gasteiger partial charge in [-0.15, -0.1) is 0 Å². The highest BCUT2D eigenvalue weighted by Crippen LogP contribution is 2.22. The van der Waals surface area contributed by atoms with E-state index in [-0.39, 0.29) is 29.8 Å². The van der Waals surface area contributed by atoms with Crippen LogP contribution < -0.4 is 0 Å². The minimum atomic E-state index is -0.623. The number of carbonyl (C=O) groups excluding carboxylic acids is 2. The molecule has 0 amide bonds. The second kappa shape index (κ2) is 5.74. The fourth-order valence-corrected chi connectivity index (χ4v) is 1.42. The third-order valence-corrected chi connectivity index (χ3v) is 2.14. The van der Waals surface area contributed by atoms with Crippen LogP contribution in [-0.2, 0) is 16.0 Å². The first kappa shape index (κ1) is 12.8. The second-order valence-corrected chi connectivity index (χ2v) is 3.20. The Labute approximate surface area is 97.3 Å². The summed E-state index contributed by atoms with van der Waals surface area (Å²) >= 11 is 0. The Hall–Kier alpha value is -2.24. The summed E-state index contributed by atoms with van der Waals surface area (Å²) in [7, 11) is 0. The molecule has 1 aromatic carbocycles. The molecule has 1 aromatic rings. The molecule has 0 N–H and O–H groups in total. The summed E-state index contributed by atoms with van der Waals surface area (Å²) < 4.78 is 4.70. The van der Waals surface area contributed by atoms with Gasteiger partial charge in [-0.3, -0.25) is 19.7 Å². The van der Waals surface area contributed by atoms with E-state index in [4.69, 9.17) is 4.74 Å². The average molecular weight is 237 g/mol. The first-order valence-corrected chi connectivity index (χ1v) is 4.97. The number of benzene rings is 1. The number of nitro groups is 1. The molecular formula is C11H11NO5. The number of ether oxygens (including phenoxy) is 1. The van der Waals surface area contributed by atoms with Gasteiger partial charge in [0.15, 0.2) is 6.29 Å². The van der Waals surface area contributed by atoms with Crippen LogP contribution in [0.1, 0.15) is 22.8 Å². The van der Waals surface area contributed by atoms with Gasteiger partial charge in [0, 0.05) is 11.6 Å². The van der Waals surface area contributed by atoms with E-state index in [1.165, 1.54) is 18.2 Å². The Bertz CT molecular complexity index is 455. The fraction of sp³-hybridized carbons (Fsp3) is 0.273. The number of rotatable bonds is 5. The summed E-state index contributed by atoms with van der Waals surface area (Å²) in [6.45, 7) is 1.83. The van der Waals surface area contributed by atoms with Crippen molar-refractivity contribution in [1.29, 1.82) is 0 Å². The van der Waals surface area contributed by atoms with E-state index in [9.17, 15) is 19.7 Å². The molecule has 6 heteroatoms. The Morgan fingerprint density at radius 1 is 1.53 bits per heavy atom. The molecule has 0 bridgehead atoms. The lowest BCUT2D eigenvalue weighted by molar-refractivity contribution is -0.385. The number of nitrogens with zero attached hydrogens (tertiary/aromatic N) is 1. The summed E-state index contributed by atoms with van der Waals surface area (Å²) in [6, 6.07) is 4.08. The van der Waals surface area contributed by atoms with Crippen molar-refractivity contribution < 1.29 is 19.2 Å². The topological polar surface area (TPSA) is 86.5 Å². The maximum Gasteiger partial charge on any atom is 0.310 e. The van der Waals surface area contributed by atoms with Crippen molar-refractivity contribution in [3.63, 3.8) is 0 Å². The predicted octanol–water partition coefficient (Wildman–Crippen LogP) is 1.51. The standard InChI is InChI=1S/C11H11NO5/c1-2-17-11(14)6-9-8(7-13)4-3-5-10(9)12(15)16/h3-5,7H,2,6H2,1H3. The molecule has 0 aliphatic carbocycles. The van der Waals surface area contributed by atoms with Crippen LogP contribution in [0.15, 0.2) is 18.2 Å². The summed E-state index contributed by atoms with van der Waals surface area (Å²) in [5.41, 5.74) is -0.0270. The van der Waals surface area contributed by atoms with Gasteiger partial charge in [0.05, 0.1) is 23.5 Å². The Morgan fingerprint density at radius 3 is 2.76 bits per heavy atom. The number of carbonyl (C=O) groups is 2. The fourth-order valence-electron chi connectivity index (χ4n) is 1.42. The van der Waals surface area contributed by atoms with Gasteiger partial charge >= 0.3 is 5.97 Å². The molecule has 0 saturated heterocycles. The molecule has 0 aromatic heterocycles. The molecule has 17 heavy (non-hydrogen) atoms. The third-order valence-electron chi connectivity index (χ3n) is 2.14. The van der Waals surface area contributed by atoms with Crippen LogP contribution in [0.5, 0.6) is 0 Å². The molecular weight excluding hydrogens is 226 g/mol. The van der Waals surface area contributed by atoms with Gasteiger partial charge in [-0.25, -0.2) is 0 Å². The molecule has 0 heterocycles. The first-order chi connectivity index (χ1) is 8.10. The number of hydrogen-bond acceptors (Lipinski definition) is 5. The van der Waals surface area contributed by atoms with Gasteiger partial charge in [-0.2, -0.15) is 0 Å². The zero-order valence-electron chi connectivity index (χ0n) is 9.21. The summed E-state index contributed by atoms with van der Waals surface area (Å²) in [5.74, 6) is -0.593. The van der Waals surface area contributed by atoms with E-state index >= 15 is 0 Å². The van der Waals surface area contributed by atoms with Crippen LogP contribution in [0.25, 0.3) is 0 Å². The molecule has 1 rings (SSSR count). The van der Waals surface area contributed by atoms with Crippen molar-refractivity contribution >= 4 is 17.9 Å². The maximum atomic E-state index is 11.3. The number of hydrogen-bond donors (Lipinski definition) is 0. The van der Waals surface area contributed by atoms with Crippen LogP contribution in [0.3, 0.4) is 0 Å². The summed E-state index contributed by atoms with van der Waals surface area (Å²) in [5, 5.41) is 10.8. The monoisotopic (exact) mass is 237 g/mol. The van der Waals surface area contributed by atoms with Crippen LogP contribution in [0, 0.1) is 10.1 Å². The lowest BCUT2D eigenvalue weighted by Crippen LogP contribution is -2.11. The highest BCUT2D eigenvalue weighted by molar-refractivity contribution is 5.84. The normalized spacial score (nSPS) is 9.71. The molecule has 0 spiro atoms. The van der Waals surface area contributed by atoms with Crippen molar-refractivity contribution in [3.05, 3.63) is 39.4 Å². The van der Waals surface area contributed by atoms with E-state index in [0.29, 0.717) is 6.29 Å². The van der Waals surface area contributed by atoms with Crippen molar-refractivity contribution in [1.82, 2.24) is 0 Å². The lowest BCUT2D eigenvalue weighted by Gasteiger charge is -2.05. The zero-order valence-corrected chi connectivity index (χ0v) is 9.21. The van der Waals surface area contributed by atoms with Crippen LogP contribution in [0.2, 0.25) is 0 Å². The van der Waals surface area contributed by atoms with Gasteiger partial charge in [0.1, 0.15) is 0 Å². The Morgan fingerprint density at radius 2 is 2.24 bits per heavy atom. The largest absolute Gasteiger partial charge is 0.466 e. The van der Waals surface area contributed by atoms with E-state index < -0.39 is 10.9 Å². The van der Waals surface area contributed by atoms with E-state index in [1.54, 1.807) is 6.92 Å². The van der Waals surface area contributed by atoms with Crippen molar-refractivity contribution in [2.24, 2.45) is 0 Å². The van der Waals surface area contributed by atoms with Gasteiger partial charge in [-0.1, -0.05) is 12.1 Å². The molecule has 0 fully saturated rings. The first-order valence-electron chi connectivity index (χ1n) is 4.97. The average Bonchev–Trinajstić information content (AvgIpc) is 2.29. The summed E-state index contributed by atoms with van der Waals surface area (Å²) in [4.78, 5) is 32.2. The molecule has 0 atom stereocenters. The van der Waals surface area contributed by atoms with E-state index in [0.717, 1.165) is 0 Å². The molecule has 6 nitrogen and oxygen atoms in total. The van der Waals surface area contributed by atoms with Crippen molar-refractivity contribution in [2.45, 2.75) is 13.3 Å². The molecule has 0 saturated carbocycles. The maximum absolute atomic E-state index is 11.3. The second-order valence-electron chi connectivity index (χ2n) is 3.20. The molecule has 0 radical (unpaired) electrons. The Balaban J connectivity index is 3.13. The quantitative estimate of drug-likeness (QED) is 0.335. The van der Waals surface area contributed by atoms with Gasteiger partial charge in [0.25, 0.3) is 5.69 Å². The van der Waals surface area contributed by atoms with E-state index in [1.807, 2.05) is 0 Å². The van der Waals surface area contributed by atoms with Gasteiger partial charge < -0.3 is 4.74 Å². The van der Waals surface area contributed by atoms with Crippen molar-refractivity contribution in [2.75, 3.05) is 6.61 Å². The minimum Gasteiger partial charge on any atom is -0.466 e. The third kappa shape index (κ3) is 3.10. The summed E-state index contributed by atoms with van der Waals surface area (Å²) in [6.07, 6.45) is 0.209. The molecule has 0 unspecified atom stereocenters. The number of esters is 1. The van der Waals surface area contributed by atoms with Crippen molar-refractivity contribution in [3.8, 4) is 0 Å². The molecule has 90 valence electrons. The highest BCUT2D eigenvalue weighted by Gasteiger charge is 2.20. The molecule has 0 aliphatic rings. The van der Waals surface area contributed by atoms with Gasteiger partial charge in [0.2, 0.25) is 0 Å². The smallest absolute Gasteiger partial charge is 0.310 e. The van der Waals surface area contributed by atoms with Crippen LogP contribution >= 0.6 is 0 Å². The highest BCUT2D eigenvalue weighted by atomic mass is 16.6. The Kier molecular flexibility index (Phi) is 4.33. The SMILES string of the molecule is CCOC(=O)Cc1c(C=O)cccc1[N+](=O)[O-]. The number of nitro benzene ring substituents is 1. The minimum absolute atomic E-state index is 0.0888. The predicted molar refractivity (Wildman–Crippen MR) is 58.8 cm³/mol. The zero-order chi connectivity index (χ0) is 12.8. The van der Waals surface area contributed by atoms with Crippen LogP contribution in [0.4, 0.5) is 5.69 Å².